The first-order valence-corrected chi connectivity index (χ1v) is 32.8. The molecule has 0 heterocycles. The summed E-state index contributed by atoms with van der Waals surface area (Å²) in [5, 5.41) is 0. The third kappa shape index (κ3) is 61.8. The first-order chi connectivity index (χ1) is 37.0. The molecule has 0 saturated carbocycles. The van der Waals surface area contributed by atoms with E-state index in [0.717, 1.165) is 77.0 Å². The van der Waals surface area contributed by atoms with Crippen molar-refractivity contribution in [3.63, 3.8) is 0 Å². The van der Waals surface area contributed by atoms with E-state index in [1.54, 1.807) is 0 Å². The molecule has 0 aromatic heterocycles. The fourth-order valence-electron chi connectivity index (χ4n) is 9.49. The molecule has 0 fully saturated rings. The van der Waals surface area contributed by atoms with E-state index in [9.17, 15) is 14.4 Å². The zero-order chi connectivity index (χ0) is 54.3. The van der Waals surface area contributed by atoms with E-state index in [1.807, 2.05) is 0 Å². The molecule has 0 N–H and O–H groups in total. The van der Waals surface area contributed by atoms with E-state index in [-0.39, 0.29) is 31.1 Å². The quantitative estimate of drug-likeness (QED) is 0.0261. The summed E-state index contributed by atoms with van der Waals surface area (Å²) in [6.45, 7) is 6.61. The summed E-state index contributed by atoms with van der Waals surface area (Å²) >= 11 is 0. The van der Waals surface area contributed by atoms with E-state index < -0.39 is 6.10 Å². The van der Waals surface area contributed by atoms with Gasteiger partial charge >= 0.3 is 17.9 Å². The monoisotopic (exact) mass is 1050 g/mol. The first kappa shape index (κ1) is 72.1. The van der Waals surface area contributed by atoms with Crippen molar-refractivity contribution in [2.75, 3.05) is 13.2 Å². The molecule has 0 amide bonds. The Morgan fingerprint density at radius 3 is 0.800 bits per heavy atom. The summed E-state index contributed by atoms with van der Waals surface area (Å²) < 4.78 is 16.9. The molecular weight excluding hydrogens is 925 g/mol. The summed E-state index contributed by atoms with van der Waals surface area (Å²) in [4.78, 5) is 38.2. The number of unbranched alkanes of at least 4 members (excludes halogenated alkanes) is 39. The highest BCUT2D eigenvalue weighted by atomic mass is 16.6. The molecule has 6 heteroatoms. The Bertz CT molecular complexity index is 1340. The predicted molar refractivity (Wildman–Crippen MR) is 325 cm³/mol. The topological polar surface area (TPSA) is 78.9 Å². The fourth-order valence-corrected chi connectivity index (χ4v) is 9.49. The highest BCUT2D eigenvalue weighted by molar-refractivity contribution is 5.71. The lowest BCUT2D eigenvalue weighted by molar-refractivity contribution is -0.167. The Labute approximate surface area is 466 Å². The molecule has 0 rings (SSSR count). The number of carbonyl (C=O) groups excluding carboxylic acids is 3. The predicted octanol–water partition coefficient (Wildman–Crippen LogP) is 22.3. The summed E-state index contributed by atoms with van der Waals surface area (Å²) in [7, 11) is 0. The largest absolute Gasteiger partial charge is 0.462 e. The van der Waals surface area contributed by atoms with Crippen molar-refractivity contribution < 1.29 is 28.6 Å². The average molecular weight is 1050 g/mol. The van der Waals surface area contributed by atoms with E-state index in [2.05, 4.69) is 81.5 Å². The number of allylic oxidation sites excluding steroid dienone is 10. The summed E-state index contributed by atoms with van der Waals surface area (Å²) in [6.07, 6.45) is 81.0. The average Bonchev–Trinajstić information content (AvgIpc) is 3.41. The lowest BCUT2D eigenvalue weighted by atomic mass is 10.0. The van der Waals surface area contributed by atoms with Gasteiger partial charge in [-0.25, -0.2) is 0 Å². The number of hydrogen-bond acceptors (Lipinski definition) is 6. The molecule has 6 nitrogen and oxygen atoms in total. The third-order valence-electron chi connectivity index (χ3n) is 14.5. The molecule has 75 heavy (non-hydrogen) atoms. The van der Waals surface area contributed by atoms with Crippen LogP contribution in [0.5, 0.6) is 0 Å². The Balaban J connectivity index is 4.19. The van der Waals surface area contributed by atoms with Crippen LogP contribution in [0.25, 0.3) is 0 Å². The number of rotatable bonds is 60. The SMILES string of the molecule is CCCC/C=C\CCCCCCCC(=O)OCC(COC(=O)CCCCCCCCCCCCCCCC/C=C\C/C=C\C/C=C\CCCCCCC)OC(=O)CCCCCCCCC/C=C\CCCCCCCC. The van der Waals surface area contributed by atoms with E-state index in [1.165, 1.54) is 225 Å². The first-order valence-electron chi connectivity index (χ1n) is 32.8. The van der Waals surface area contributed by atoms with Crippen LogP contribution in [0.15, 0.2) is 60.8 Å². The lowest BCUT2D eigenvalue weighted by Gasteiger charge is -2.18. The van der Waals surface area contributed by atoms with Crippen molar-refractivity contribution in [3.05, 3.63) is 60.8 Å². The molecule has 0 aromatic rings. The maximum atomic E-state index is 12.9. The molecule has 0 aliphatic heterocycles. The van der Waals surface area contributed by atoms with Gasteiger partial charge in [0.2, 0.25) is 0 Å². The van der Waals surface area contributed by atoms with E-state index >= 15 is 0 Å². The summed E-state index contributed by atoms with van der Waals surface area (Å²) in [6, 6.07) is 0. The second-order valence-electron chi connectivity index (χ2n) is 22.0. The molecule has 436 valence electrons. The second kappa shape index (κ2) is 63.6. The molecule has 1 unspecified atom stereocenters. The molecule has 0 aliphatic carbocycles. The Morgan fingerprint density at radius 1 is 0.267 bits per heavy atom. The van der Waals surface area contributed by atoms with Gasteiger partial charge in [0.25, 0.3) is 0 Å². The Kier molecular flexibility index (Phi) is 61.2. The van der Waals surface area contributed by atoms with Gasteiger partial charge in [0.05, 0.1) is 0 Å². The van der Waals surface area contributed by atoms with Crippen LogP contribution in [-0.2, 0) is 28.6 Å². The molecule has 0 aromatic carbocycles. The summed E-state index contributed by atoms with van der Waals surface area (Å²) in [5.74, 6) is -0.876. The lowest BCUT2D eigenvalue weighted by Crippen LogP contribution is -2.30. The van der Waals surface area contributed by atoms with Crippen LogP contribution >= 0.6 is 0 Å². The summed E-state index contributed by atoms with van der Waals surface area (Å²) in [5.41, 5.74) is 0. The van der Waals surface area contributed by atoms with E-state index in [0.29, 0.717) is 19.3 Å². The third-order valence-corrected chi connectivity index (χ3v) is 14.5. The maximum absolute atomic E-state index is 12.9. The van der Waals surface area contributed by atoms with E-state index in [4.69, 9.17) is 14.2 Å². The number of ether oxygens (including phenoxy) is 3. The standard InChI is InChI=1S/C69H124O6/c1-4-7-10-13-16-19-22-24-26-28-29-30-31-32-33-34-35-36-37-38-39-41-42-44-47-50-53-56-59-62-68(71)74-65-66(64-73-67(70)61-58-55-52-49-46-21-18-15-12-9-6-3)75-69(72)63-60-57-54-51-48-45-43-40-27-25-23-20-17-14-11-8-5-2/h15,18,22,24-25,27-29,31-32,66H,4-14,16-17,19-21,23,26,30,33-65H2,1-3H3/b18-15-,24-22-,27-25-,29-28-,32-31-. The van der Waals surface area contributed by atoms with Gasteiger partial charge in [0.1, 0.15) is 13.2 Å². The molecule has 0 radical (unpaired) electrons. The van der Waals surface area contributed by atoms with Crippen LogP contribution in [-0.4, -0.2) is 37.2 Å². The zero-order valence-electron chi connectivity index (χ0n) is 50.1. The van der Waals surface area contributed by atoms with Gasteiger partial charge in [-0.2, -0.15) is 0 Å². The van der Waals surface area contributed by atoms with Crippen LogP contribution in [0.2, 0.25) is 0 Å². The van der Waals surface area contributed by atoms with Crippen LogP contribution in [0.4, 0.5) is 0 Å². The minimum Gasteiger partial charge on any atom is -0.462 e. The highest BCUT2D eigenvalue weighted by Crippen LogP contribution is 2.17. The minimum absolute atomic E-state index is 0.0765. The van der Waals surface area contributed by atoms with Crippen molar-refractivity contribution in [1.82, 2.24) is 0 Å². The van der Waals surface area contributed by atoms with Gasteiger partial charge in [-0.15, -0.1) is 0 Å². The van der Waals surface area contributed by atoms with Crippen LogP contribution in [0, 0.1) is 0 Å². The molecule has 0 spiro atoms. The van der Waals surface area contributed by atoms with Gasteiger partial charge in [-0.05, 0) is 103 Å². The van der Waals surface area contributed by atoms with Crippen molar-refractivity contribution in [2.24, 2.45) is 0 Å². The Hall–Kier alpha value is -2.89. The zero-order valence-corrected chi connectivity index (χ0v) is 50.1. The van der Waals surface area contributed by atoms with Gasteiger partial charge in [-0.1, -0.05) is 281 Å². The minimum atomic E-state index is -0.779. The fraction of sp³-hybridized carbons (Fsp3) is 0.812. The normalized spacial score (nSPS) is 12.4. The smallest absolute Gasteiger partial charge is 0.306 e. The van der Waals surface area contributed by atoms with Crippen molar-refractivity contribution >= 4 is 17.9 Å². The van der Waals surface area contributed by atoms with Gasteiger partial charge in [0, 0.05) is 19.3 Å². The molecule has 0 saturated heterocycles. The van der Waals surface area contributed by atoms with Gasteiger partial charge in [-0.3, -0.25) is 14.4 Å². The number of hydrogen-bond donors (Lipinski definition) is 0. The van der Waals surface area contributed by atoms with Crippen molar-refractivity contribution in [3.8, 4) is 0 Å². The molecule has 0 bridgehead atoms. The molecular formula is C69H124O6. The second-order valence-corrected chi connectivity index (χ2v) is 22.0. The highest BCUT2D eigenvalue weighted by Gasteiger charge is 2.19. The van der Waals surface area contributed by atoms with Crippen LogP contribution in [0.3, 0.4) is 0 Å². The number of esters is 3. The Morgan fingerprint density at radius 2 is 0.493 bits per heavy atom. The van der Waals surface area contributed by atoms with Crippen molar-refractivity contribution in [1.29, 1.82) is 0 Å². The van der Waals surface area contributed by atoms with Gasteiger partial charge in [0.15, 0.2) is 6.10 Å². The number of carbonyl (C=O) groups is 3. The van der Waals surface area contributed by atoms with Crippen LogP contribution in [0.1, 0.15) is 342 Å². The van der Waals surface area contributed by atoms with Gasteiger partial charge < -0.3 is 14.2 Å². The van der Waals surface area contributed by atoms with Crippen LogP contribution < -0.4 is 0 Å². The van der Waals surface area contributed by atoms with Crippen molar-refractivity contribution in [2.45, 2.75) is 348 Å². The molecule has 1 atom stereocenters. The molecule has 0 aliphatic rings. The maximum Gasteiger partial charge on any atom is 0.306 e.